The SMILES string of the molecule is CC(C)(C)c1cc(C(=O)NC2(C(=O)NCc3ccccc3)CCCCC2)cc(C(C)(C)C)c1O. The quantitative estimate of drug-likeness (QED) is 0.528. The number of carbonyl (C=O) groups is 2. The van der Waals surface area contributed by atoms with Gasteiger partial charge in [-0.2, -0.15) is 0 Å². The van der Waals surface area contributed by atoms with Crippen molar-refractivity contribution < 1.29 is 14.7 Å². The van der Waals surface area contributed by atoms with Crippen molar-refractivity contribution in [1.82, 2.24) is 10.6 Å². The van der Waals surface area contributed by atoms with Gasteiger partial charge in [-0.15, -0.1) is 0 Å². The van der Waals surface area contributed by atoms with E-state index in [4.69, 9.17) is 0 Å². The van der Waals surface area contributed by atoms with Gasteiger partial charge in [0.1, 0.15) is 11.3 Å². The number of carbonyl (C=O) groups excluding carboxylic acids is 2. The van der Waals surface area contributed by atoms with Gasteiger partial charge in [0.2, 0.25) is 5.91 Å². The lowest BCUT2D eigenvalue weighted by Crippen LogP contribution is -2.59. The fourth-order valence-corrected chi connectivity index (χ4v) is 4.71. The minimum atomic E-state index is -0.925. The van der Waals surface area contributed by atoms with Crippen molar-refractivity contribution in [3.05, 3.63) is 64.7 Å². The van der Waals surface area contributed by atoms with Crippen LogP contribution in [0, 0.1) is 0 Å². The average Bonchev–Trinajstić information content (AvgIpc) is 2.77. The highest BCUT2D eigenvalue weighted by molar-refractivity contribution is 6.00. The molecule has 0 spiro atoms. The van der Waals surface area contributed by atoms with E-state index in [2.05, 4.69) is 10.6 Å². The van der Waals surface area contributed by atoms with Gasteiger partial charge >= 0.3 is 0 Å². The van der Waals surface area contributed by atoms with E-state index < -0.39 is 5.54 Å². The summed E-state index contributed by atoms with van der Waals surface area (Å²) in [5.41, 5.74) is 1.37. The highest BCUT2D eigenvalue weighted by Gasteiger charge is 2.41. The maximum absolute atomic E-state index is 13.6. The second-order valence-corrected chi connectivity index (χ2v) is 11.7. The number of phenolic OH excluding ortho intramolecular Hbond substituents is 1. The Morgan fingerprint density at radius 2 is 1.41 bits per heavy atom. The van der Waals surface area contributed by atoms with Crippen molar-refractivity contribution >= 4 is 11.8 Å². The van der Waals surface area contributed by atoms with Crippen LogP contribution in [0.3, 0.4) is 0 Å². The molecule has 5 heteroatoms. The van der Waals surface area contributed by atoms with Crippen LogP contribution in [0.5, 0.6) is 5.75 Å². The standard InChI is InChI=1S/C29H40N2O3/c1-27(2,3)22-17-21(18-23(24(22)32)28(4,5)6)25(33)31-29(15-11-8-12-16-29)26(34)30-19-20-13-9-7-10-14-20/h7,9-10,13-14,17-18,32H,8,11-12,15-16,19H2,1-6H3,(H,30,34)(H,31,33). The monoisotopic (exact) mass is 464 g/mol. The fourth-order valence-electron chi connectivity index (χ4n) is 4.71. The van der Waals surface area contributed by atoms with Crippen molar-refractivity contribution in [2.24, 2.45) is 0 Å². The van der Waals surface area contributed by atoms with Crippen molar-refractivity contribution in [2.75, 3.05) is 0 Å². The molecular weight excluding hydrogens is 424 g/mol. The van der Waals surface area contributed by atoms with Crippen LogP contribution < -0.4 is 10.6 Å². The fraction of sp³-hybridized carbons (Fsp3) is 0.517. The first-order valence-corrected chi connectivity index (χ1v) is 12.4. The van der Waals surface area contributed by atoms with Gasteiger partial charge in [0, 0.05) is 23.2 Å². The van der Waals surface area contributed by atoms with E-state index in [-0.39, 0.29) is 28.4 Å². The van der Waals surface area contributed by atoms with Crippen molar-refractivity contribution in [2.45, 2.75) is 96.6 Å². The highest BCUT2D eigenvalue weighted by Crippen LogP contribution is 2.40. The van der Waals surface area contributed by atoms with Gasteiger partial charge in [-0.1, -0.05) is 91.1 Å². The van der Waals surface area contributed by atoms with Crippen LogP contribution in [-0.2, 0) is 22.2 Å². The molecule has 0 aliphatic heterocycles. The molecule has 0 radical (unpaired) electrons. The summed E-state index contributed by atoms with van der Waals surface area (Å²) in [6.45, 7) is 12.6. The van der Waals surface area contributed by atoms with Gasteiger partial charge in [0.25, 0.3) is 5.91 Å². The van der Waals surface area contributed by atoms with Crippen LogP contribution in [0.15, 0.2) is 42.5 Å². The molecule has 1 saturated carbocycles. The molecule has 3 N–H and O–H groups in total. The van der Waals surface area contributed by atoms with Gasteiger partial charge in [-0.3, -0.25) is 9.59 Å². The maximum Gasteiger partial charge on any atom is 0.252 e. The lowest BCUT2D eigenvalue weighted by Gasteiger charge is -2.37. The van der Waals surface area contributed by atoms with E-state index in [1.54, 1.807) is 12.1 Å². The van der Waals surface area contributed by atoms with Crippen molar-refractivity contribution in [3.8, 4) is 5.75 Å². The van der Waals surface area contributed by atoms with Gasteiger partial charge in [-0.25, -0.2) is 0 Å². The third-order valence-electron chi connectivity index (χ3n) is 6.78. The lowest BCUT2D eigenvalue weighted by molar-refractivity contribution is -0.128. The number of rotatable bonds is 5. The number of hydrogen-bond donors (Lipinski definition) is 3. The number of nitrogens with one attached hydrogen (secondary N) is 2. The molecule has 2 amide bonds. The summed E-state index contributed by atoms with van der Waals surface area (Å²) in [4.78, 5) is 27.0. The molecule has 2 aromatic rings. The molecule has 0 unspecified atom stereocenters. The minimum Gasteiger partial charge on any atom is -0.507 e. The highest BCUT2D eigenvalue weighted by atomic mass is 16.3. The molecule has 34 heavy (non-hydrogen) atoms. The Hall–Kier alpha value is -2.82. The molecule has 1 fully saturated rings. The predicted octanol–water partition coefficient (Wildman–Crippen LogP) is 5.74. The van der Waals surface area contributed by atoms with Crippen LogP contribution in [0.1, 0.15) is 101 Å². The Bertz CT molecular complexity index is 989. The average molecular weight is 465 g/mol. The summed E-state index contributed by atoms with van der Waals surface area (Å²) in [6, 6.07) is 13.4. The van der Waals surface area contributed by atoms with Crippen LogP contribution in [0.2, 0.25) is 0 Å². The van der Waals surface area contributed by atoms with E-state index in [0.717, 1.165) is 36.0 Å². The summed E-state index contributed by atoms with van der Waals surface area (Å²) in [6.07, 6.45) is 4.10. The number of hydrogen-bond acceptors (Lipinski definition) is 3. The molecule has 0 atom stereocenters. The number of amides is 2. The zero-order valence-corrected chi connectivity index (χ0v) is 21.5. The van der Waals surface area contributed by atoms with Crippen LogP contribution in [0.4, 0.5) is 0 Å². The van der Waals surface area contributed by atoms with Crippen LogP contribution in [0.25, 0.3) is 0 Å². The van der Waals surface area contributed by atoms with E-state index in [9.17, 15) is 14.7 Å². The molecule has 1 aliphatic carbocycles. The summed E-state index contributed by atoms with van der Waals surface area (Å²) < 4.78 is 0. The normalized spacial score (nSPS) is 16.1. The predicted molar refractivity (Wildman–Crippen MR) is 137 cm³/mol. The molecule has 3 rings (SSSR count). The van der Waals surface area contributed by atoms with Gasteiger partial charge < -0.3 is 15.7 Å². The van der Waals surface area contributed by atoms with Crippen molar-refractivity contribution in [3.63, 3.8) is 0 Å². The Kier molecular flexibility index (Phi) is 7.44. The topological polar surface area (TPSA) is 78.4 Å². The largest absolute Gasteiger partial charge is 0.507 e. The first-order valence-electron chi connectivity index (χ1n) is 12.4. The summed E-state index contributed by atoms with van der Waals surface area (Å²) in [5.74, 6) is -0.160. The smallest absolute Gasteiger partial charge is 0.252 e. The Morgan fingerprint density at radius 3 is 1.91 bits per heavy atom. The van der Waals surface area contributed by atoms with Crippen LogP contribution in [-0.4, -0.2) is 22.5 Å². The number of aromatic hydroxyl groups is 1. The molecule has 1 aliphatic rings. The zero-order chi connectivity index (χ0) is 25.1. The van der Waals surface area contributed by atoms with E-state index >= 15 is 0 Å². The van der Waals surface area contributed by atoms with Crippen LogP contribution >= 0.6 is 0 Å². The first-order chi connectivity index (χ1) is 15.8. The molecule has 184 valence electrons. The second kappa shape index (κ2) is 9.81. The molecule has 0 aromatic heterocycles. The van der Waals surface area contributed by atoms with E-state index in [1.807, 2.05) is 71.9 Å². The van der Waals surface area contributed by atoms with E-state index in [0.29, 0.717) is 24.9 Å². The van der Waals surface area contributed by atoms with Crippen molar-refractivity contribution in [1.29, 1.82) is 0 Å². The summed E-state index contributed by atoms with van der Waals surface area (Å²) in [7, 11) is 0. The third-order valence-corrected chi connectivity index (χ3v) is 6.78. The third kappa shape index (κ3) is 5.81. The Morgan fingerprint density at radius 1 is 0.882 bits per heavy atom. The number of phenols is 1. The zero-order valence-electron chi connectivity index (χ0n) is 21.5. The first kappa shape index (κ1) is 25.8. The Balaban J connectivity index is 1.92. The molecule has 2 aromatic carbocycles. The van der Waals surface area contributed by atoms with Gasteiger partial charge in [-0.05, 0) is 41.4 Å². The Labute approximate surface area is 204 Å². The minimum absolute atomic E-state index is 0.129. The number of benzene rings is 2. The van der Waals surface area contributed by atoms with Gasteiger partial charge in [0.15, 0.2) is 0 Å². The molecule has 0 heterocycles. The van der Waals surface area contributed by atoms with Gasteiger partial charge in [0.05, 0.1) is 0 Å². The molecule has 0 saturated heterocycles. The molecule has 5 nitrogen and oxygen atoms in total. The molecular formula is C29H40N2O3. The summed E-state index contributed by atoms with van der Waals surface area (Å²) in [5, 5.41) is 17.2. The second-order valence-electron chi connectivity index (χ2n) is 11.7. The lowest BCUT2D eigenvalue weighted by atomic mass is 9.78. The summed E-state index contributed by atoms with van der Waals surface area (Å²) >= 11 is 0. The molecule has 0 bridgehead atoms. The maximum atomic E-state index is 13.6. The van der Waals surface area contributed by atoms with E-state index in [1.165, 1.54) is 0 Å².